The van der Waals surface area contributed by atoms with E-state index in [9.17, 15) is 19.2 Å². The van der Waals surface area contributed by atoms with Crippen LogP contribution in [-0.4, -0.2) is 71.3 Å². The minimum Gasteiger partial charge on any atom is -0.453 e. The summed E-state index contributed by atoms with van der Waals surface area (Å²) in [7, 11) is 3.12. The molecule has 4 aliphatic rings. The van der Waals surface area contributed by atoms with Gasteiger partial charge in [0.05, 0.1) is 12.5 Å². The molecular weight excluding hydrogens is 620 g/mol. The predicted octanol–water partition coefficient (Wildman–Crippen LogP) is 5.42. The second kappa shape index (κ2) is 13.8. The van der Waals surface area contributed by atoms with Crippen LogP contribution in [0.25, 0.3) is 0 Å². The van der Waals surface area contributed by atoms with Crippen molar-refractivity contribution in [3.8, 4) is 0 Å². The number of aryl methyl sites for hydroxylation is 1. The number of rotatable bonds is 12. The molecule has 11 nitrogen and oxygen atoms in total. The number of amides is 4. The number of hydrogen-bond acceptors (Lipinski definition) is 6. The van der Waals surface area contributed by atoms with E-state index in [0.29, 0.717) is 49.8 Å². The maximum atomic E-state index is 14.2. The summed E-state index contributed by atoms with van der Waals surface area (Å²) < 4.78 is 6.48. The van der Waals surface area contributed by atoms with Crippen LogP contribution in [0, 0.1) is 28.6 Å². The summed E-state index contributed by atoms with van der Waals surface area (Å²) in [5, 5.41) is 13.7. The molecule has 2 aromatic rings. The van der Waals surface area contributed by atoms with Gasteiger partial charge in [-0.3, -0.25) is 19.1 Å². The highest BCUT2D eigenvalue weighted by Gasteiger charge is 2.54. The molecule has 3 N–H and O–H groups in total. The van der Waals surface area contributed by atoms with E-state index in [-0.39, 0.29) is 46.5 Å². The van der Waals surface area contributed by atoms with Crippen molar-refractivity contribution in [1.82, 2.24) is 25.3 Å². The molecule has 2 unspecified atom stereocenters. The third kappa shape index (κ3) is 7.08. The molecule has 266 valence electrons. The Labute approximate surface area is 290 Å². The van der Waals surface area contributed by atoms with E-state index in [0.717, 1.165) is 50.5 Å². The van der Waals surface area contributed by atoms with Gasteiger partial charge >= 0.3 is 6.09 Å². The Hall–Kier alpha value is -3.89. The number of nitrogens with one attached hydrogen (secondary N) is 3. The van der Waals surface area contributed by atoms with Gasteiger partial charge in [-0.05, 0) is 97.8 Å². The van der Waals surface area contributed by atoms with E-state index in [1.165, 1.54) is 18.2 Å². The maximum Gasteiger partial charge on any atom is 0.409 e. The molecule has 4 amide bonds. The van der Waals surface area contributed by atoms with E-state index in [1.807, 2.05) is 31.2 Å². The summed E-state index contributed by atoms with van der Waals surface area (Å²) in [5.41, 5.74) is 1.23. The lowest BCUT2D eigenvalue weighted by Crippen LogP contribution is -2.54. The van der Waals surface area contributed by atoms with Crippen LogP contribution in [0.15, 0.2) is 36.5 Å². The Balaban J connectivity index is 1.22. The lowest BCUT2D eigenvalue weighted by Gasteiger charge is -2.43. The average Bonchev–Trinajstić information content (AvgIpc) is 3.66. The van der Waals surface area contributed by atoms with Crippen molar-refractivity contribution in [3.05, 3.63) is 47.8 Å². The molecular formula is C38H54N6O5. The number of carbonyl (C=O) groups excluding carboxylic acids is 4. The lowest BCUT2D eigenvalue weighted by molar-refractivity contribution is -0.129. The quantitative estimate of drug-likeness (QED) is 0.276. The molecule has 1 aromatic heterocycles. The largest absolute Gasteiger partial charge is 0.453 e. The Morgan fingerprint density at radius 2 is 1.65 bits per heavy atom. The van der Waals surface area contributed by atoms with Gasteiger partial charge in [0.1, 0.15) is 11.7 Å². The Morgan fingerprint density at radius 1 is 0.980 bits per heavy atom. The number of anilines is 1. The molecule has 4 fully saturated rings. The molecule has 0 bridgehead atoms. The average molecular weight is 675 g/mol. The van der Waals surface area contributed by atoms with Crippen LogP contribution in [0.1, 0.15) is 101 Å². The number of methoxy groups -OCH3 is 1. The van der Waals surface area contributed by atoms with Gasteiger partial charge in [-0.25, -0.2) is 4.79 Å². The van der Waals surface area contributed by atoms with Gasteiger partial charge < -0.3 is 25.6 Å². The molecule has 2 heterocycles. The van der Waals surface area contributed by atoms with E-state index in [4.69, 9.17) is 4.74 Å². The van der Waals surface area contributed by atoms with Crippen molar-refractivity contribution in [1.29, 1.82) is 0 Å². The summed E-state index contributed by atoms with van der Waals surface area (Å²) in [6, 6.07) is 8.60. The van der Waals surface area contributed by atoms with E-state index < -0.39 is 11.5 Å². The lowest BCUT2D eigenvalue weighted by atomic mass is 9.66. The van der Waals surface area contributed by atoms with Crippen molar-refractivity contribution in [2.75, 3.05) is 32.1 Å². The maximum absolute atomic E-state index is 14.2. The fourth-order valence-electron chi connectivity index (χ4n) is 8.58. The summed E-state index contributed by atoms with van der Waals surface area (Å²) in [6.45, 7) is 8.18. The molecule has 3 saturated carbocycles. The first-order valence-electron chi connectivity index (χ1n) is 18.2. The molecule has 1 aliphatic heterocycles. The van der Waals surface area contributed by atoms with Gasteiger partial charge in [0.25, 0.3) is 5.91 Å². The predicted molar refractivity (Wildman–Crippen MR) is 187 cm³/mol. The highest BCUT2D eigenvalue weighted by Crippen LogP contribution is 2.58. The van der Waals surface area contributed by atoms with Gasteiger partial charge in [0.2, 0.25) is 11.8 Å². The molecule has 11 heteroatoms. The molecule has 6 rings (SSSR count). The molecule has 49 heavy (non-hydrogen) atoms. The number of benzene rings is 1. The standard InChI is InChI=1S/C38H54N6O5/c1-36(17-7-18-36)24-39-34(47)38(3,27-15-22-44(23-16-27)35(48)49-5)26-10-12-28(13-11-26)41-33(46)31(42-32(45)29-14-21-40-43(29)4)30(25-8-6-9-25)37(2)19-20-37/h10-14,21,25,27,30-31H,6-9,15-20,22-24H2,1-5H3,(H,39,47)(H,41,46)(H,42,45)/t30?,31-,38?/m0/s1. The zero-order chi connectivity index (χ0) is 35.0. The third-order valence-electron chi connectivity index (χ3n) is 12.7. The summed E-state index contributed by atoms with van der Waals surface area (Å²) in [6.07, 6.45) is 11.4. The second-order valence-electron chi connectivity index (χ2n) is 16.0. The number of ether oxygens (including phenoxy) is 1. The molecule has 3 aliphatic carbocycles. The van der Waals surface area contributed by atoms with Crippen LogP contribution in [0.2, 0.25) is 0 Å². The number of piperidine rings is 1. The topological polar surface area (TPSA) is 135 Å². The van der Waals surface area contributed by atoms with E-state index >= 15 is 0 Å². The summed E-state index contributed by atoms with van der Waals surface area (Å²) >= 11 is 0. The van der Waals surface area contributed by atoms with Crippen molar-refractivity contribution < 1.29 is 23.9 Å². The summed E-state index contributed by atoms with van der Waals surface area (Å²) in [5.74, 6) is -0.0924. The zero-order valence-corrected chi connectivity index (χ0v) is 29.8. The number of hydrogen-bond donors (Lipinski definition) is 3. The molecule has 1 saturated heterocycles. The highest BCUT2D eigenvalue weighted by molar-refractivity contribution is 6.01. The van der Waals surface area contributed by atoms with Crippen LogP contribution in [0.5, 0.6) is 0 Å². The number of likely N-dealkylation sites (tertiary alicyclic amines) is 1. The monoisotopic (exact) mass is 674 g/mol. The van der Waals surface area contributed by atoms with Crippen LogP contribution >= 0.6 is 0 Å². The normalized spacial score (nSPS) is 22.3. The Bertz CT molecular complexity index is 1530. The molecule has 0 spiro atoms. The third-order valence-corrected chi connectivity index (χ3v) is 12.7. The first-order chi connectivity index (χ1) is 23.4. The van der Waals surface area contributed by atoms with Crippen LogP contribution in [0.4, 0.5) is 10.5 Å². The van der Waals surface area contributed by atoms with Crippen molar-refractivity contribution in [3.63, 3.8) is 0 Å². The van der Waals surface area contributed by atoms with Crippen LogP contribution < -0.4 is 16.0 Å². The van der Waals surface area contributed by atoms with Crippen LogP contribution in [-0.2, 0) is 26.8 Å². The SMILES string of the molecule is COC(=O)N1CCC(C(C)(C(=O)NCC2(C)CCC2)c2ccc(NC(=O)[C@@H](NC(=O)c3ccnn3C)C(C3CCC3)C3(C)CC3)cc2)CC1. The first-order valence-corrected chi connectivity index (χ1v) is 18.2. The van der Waals surface area contributed by atoms with Crippen molar-refractivity contribution in [2.45, 2.75) is 96.4 Å². The fourth-order valence-corrected chi connectivity index (χ4v) is 8.58. The molecule has 3 atom stereocenters. The smallest absolute Gasteiger partial charge is 0.409 e. The van der Waals surface area contributed by atoms with Gasteiger partial charge in [-0.1, -0.05) is 51.7 Å². The van der Waals surface area contributed by atoms with E-state index in [1.54, 1.807) is 24.2 Å². The number of nitrogens with zero attached hydrogens (tertiary/aromatic N) is 3. The van der Waals surface area contributed by atoms with E-state index in [2.05, 4.69) is 34.9 Å². The summed E-state index contributed by atoms with van der Waals surface area (Å²) in [4.78, 5) is 55.7. The number of carbonyl (C=O) groups is 4. The minimum absolute atomic E-state index is 0.00659. The van der Waals surface area contributed by atoms with Gasteiger partial charge in [0.15, 0.2) is 0 Å². The van der Waals surface area contributed by atoms with Gasteiger partial charge in [-0.2, -0.15) is 5.10 Å². The highest BCUT2D eigenvalue weighted by atomic mass is 16.5. The molecule has 0 radical (unpaired) electrons. The number of aromatic nitrogens is 2. The minimum atomic E-state index is -0.833. The van der Waals surface area contributed by atoms with Gasteiger partial charge in [0, 0.05) is 38.6 Å². The van der Waals surface area contributed by atoms with Crippen molar-refractivity contribution in [2.24, 2.45) is 35.6 Å². The van der Waals surface area contributed by atoms with Crippen LogP contribution in [0.3, 0.4) is 0 Å². The Kier molecular flexibility index (Phi) is 9.83. The zero-order valence-electron chi connectivity index (χ0n) is 29.8. The first kappa shape index (κ1) is 35.0. The second-order valence-corrected chi connectivity index (χ2v) is 16.0. The molecule has 1 aromatic carbocycles. The van der Waals surface area contributed by atoms with Gasteiger partial charge in [-0.15, -0.1) is 0 Å². The van der Waals surface area contributed by atoms with Crippen molar-refractivity contribution >= 4 is 29.5 Å². The fraction of sp³-hybridized carbons (Fsp3) is 0.658. The Morgan fingerprint density at radius 3 is 2.16 bits per heavy atom.